The largest absolute Gasteiger partial charge is 0.361 e. The fourth-order valence-electron chi connectivity index (χ4n) is 3.36. The summed E-state index contributed by atoms with van der Waals surface area (Å²) < 4.78 is 0. The van der Waals surface area contributed by atoms with Crippen LogP contribution in [0.5, 0.6) is 0 Å². The number of nitrogens with zero attached hydrogens (tertiary/aromatic N) is 2. The Labute approximate surface area is 162 Å². The Bertz CT molecular complexity index is 1220. The predicted molar refractivity (Wildman–Crippen MR) is 118 cm³/mol. The fraction of sp³-hybridized carbons (Fsp3) is 0. The van der Waals surface area contributed by atoms with Crippen molar-refractivity contribution in [2.45, 2.75) is 0 Å². The second-order valence-corrected chi connectivity index (χ2v) is 6.58. The van der Waals surface area contributed by atoms with Crippen LogP contribution in [-0.4, -0.2) is 22.4 Å². The molecule has 0 bridgehead atoms. The maximum atomic E-state index is 4.69. The summed E-state index contributed by atoms with van der Waals surface area (Å²) in [7, 11) is 0. The molecule has 0 aliphatic heterocycles. The zero-order chi connectivity index (χ0) is 18.8. The van der Waals surface area contributed by atoms with Gasteiger partial charge in [0.05, 0.1) is 11.4 Å². The van der Waals surface area contributed by atoms with Crippen molar-refractivity contribution in [3.8, 4) is 0 Å². The highest BCUT2D eigenvalue weighted by Crippen LogP contribution is 2.28. The molecule has 3 aromatic carbocycles. The molecule has 2 N–H and O–H groups in total. The number of benzene rings is 3. The third kappa shape index (κ3) is 3.01. The van der Waals surface area contributed by atoms with Gasteiger partial charge < -0.3 is 9.97 Å². The van der Waals surface area contributed by atoms with Crippen LogP contribution in [0.15, 0.2) is 95.2 Å². The van der Waals surface area contributed by atoms with Crippen molar-refractivity contribution >= 4 is 45.6 Å². The third-order valence-corrected chi connectivity index (χ3v) is 4.81. The number of hydrogen-bond donors (Lipinski definition) is 2. The first-order chi connectivity index (χ1) is 13.9. The molecule has 2 aromatic heterocycles. The molecule has 0 amide bonds. The highest BCUT2D eigenvalue weighted by atomic mass is 14.8. The van der Waals surface area contributed by atoms with Crippen LogP contribution < -0.4 is 0 Å². The van der Waals surface area contributed by atoms with E-state index in [1.54, 1.807) is 0 Å². The van der Waals surface area contributed by atoms with E-state index < -0.39 is 0 Å². The van der Waals surface area contributed by atoms with Crippen molar-refractivity contribution in [3.63, 3.8) is 0 Å². The molecule has 0 spiro atoms. The van der Waals surface area contributed by atoms with Crippen molar-refractivity contribution in [2.75, 3.05) is 0 Å². The number of aromatic amines is 2. The van der Waals surface area contributed by atoms with Gasteiger partial charge in [0.2, 0.25) is 0 Å². The molecule has 0 unspecified atom stereocenters. The smallest absolute Gasteiger partial charge is 0.0886 e. The van der Waals surface area contributed by atoms with E-state index in [1.165, 1.54) is 0 Å². The van der Waals surface area contributed by atoms with Crippen LogP contribution in [0.3, 0.4) is 0 Å². The van der Waals surface area contributed by atoms with Crippen LogP contribution in [0.1, 0.15) is 11.1 Å². The molecule has 28 heavy (non-hydrogen) atoms. The van der Waals surface area contributed by atoms with E-state index in [2.05, 4.69) is 34.2 Å². The number of H-pyrrole nitrogens is 2. The van der Waals surface area contributed by atoms with E-state index in [0.29, 0.717) is 0 Å². The predicted octanol–water partition coefficient (Wildman–Crippen LogP) is 6.15. The fourth-order valence-corrected chi connectivity index (χ4v) is 3.36. The molecule has 0 aliphatic rings. The van der Waals surface area contributed by atoms with Crippen molar-refractivity contribution in [1.29, 1.82) is 0 Å². The monoisotopic (exact) mass is 362 g/mol. The second kappa shape index (κ2) is 7.00. The van der Waals surface area contributed by atoms with E-state index in [4.69, 9.17) is 9.98 Å². The van der Waals surface area contributed by atoms with Gasteiger partial charge >= 0.3 is 0 Å². The zero-order valence-electron chi connectivity index (χ0n) is 15.1. The summed E-state index contributed by atoms with van der Waals surface area (Å²) in [5.41, 5.74) is 6.01. The molecule has 5 aromatic rings. The Kier molecular flexibility index (Phi) is 4.07. The Morgan fingerprint density at radius 1 is 0.536 bits per heavy atom. The number of nitrogens with one attached hydrogen (secondary N) is 2. The zero-order valence-corrected chi connectivity index (χ0v) is 15.1. The van der Waals surface area contributed by atoms with Gasteiger partial charge in [-0.15, -0.1) is 0 Å². The number of rotatable bonds is 4. The van der Waals surface area contributed by atoms with E-state index in [1.807, 2.05) is 73.4 Å². The maximum absolute atomic E-state index is 4.69. The highest BCUT2D eigenvalue weighted by Gasteiger charge is 2.03. The summed E-state index contributed by atoms with van der Waals surface area (Å²) in [5.74, 6) is 0. The Morgan fingerprint density at radius 2 is 0.964 bits per heavy atom. The van der Waals surface area contributed by atoms with Gasteiger partial charge in [0.25, 0.3) is 0 Å². The van der Waals surface area contributed by atoms with Gasteiger partial charge in [-0.3, -0.25) is 9.98 Å². The minimum atomic E-state index is 0.837. The first-order valence-electron chi connectivity index (χ1n) is 9.18. The number of hydrogen-bond acceptors (Lipinski definition) is 2. The molecule has 5 rings (SSSR count). The van der Waals surface area contributed by atoms with Crippen molar-refractivity contribution in [2.24, 2.45) is 9.98 Å². The van der Waals surface area contributed by atoms with Crippen LogP contribution in [0, 0.1) is 0 Å². The molecule has 0 aliphatic carbocycles. The topological polar surface area (TPSA) is 56.3 Å². The van der Waals surface area contributed by atoms with Crippen LogP contribution in [0.2, 0.25) is 0 Å². The first kappa shape index (κ1) is 16.3. The van der Waals surface area contributed by atoms with E-state index in [0.717, 1.165) is 44.3 Å². The Hall–Kier alpha value is -3.92. The molecule has 2 heterocycles. The summed E-state index contributed by atoms with van der Waals surface area (Å²) >= 11 is 0. The molecule has 0 saturated carbocycles. The molecule has 0 saturated heterocycles. The van der Waals surface area contributed by atoms with Gasteiger partial charge in [-0.2, -0.15) is 0 Å². The number of aliphatic imine (C=N–C) groups is 2. The molecule has 0 radical (unpaired) electrons. The van der Waals surface area contributed by atoms with Gasteiger partial charge in [0.15, 0.2) is 0 Å². The first-order valence-corrected chi connectivity index (χ1v) is 9.18. The number of aromatic nitrogens is 2. The lowest BCUT2D eigenvalue weighted by Crippen LogP contribution is -1.79. The molecule has 134 valence electrons. The molecule has 0 atom stereocenters. The van der Waals surface area contributed by atoms with Crippen LogP contribution >= 0.6 is 0 Å². The molecular weight excluding hydrogens is 344 g/mol. The number of para-hydroxylation sites is 4. The maximum Gasteiger partial charge on any atom is 0.0886 e. The normalized spacial score (nSPS) is 12.0. The quantitative estimate of drug-likeness (QED) is 0.360. The van der Waals surface area contributed by atoms with Crippen molar-refractivity contribution in [1.82, 2.24) is 9.97 Å². The second-order valence-electron chi connectivity index (χ2n) is 6.58. The van der Waals surface area contributed by atoms with E-state index in [-0.39, 0.29) is 0 Å². The SMILES string of the molecule is C(=Nc1ccccc1N=Cc1c[nH]c2ccccc12)c1c[nH]c2ccccc12. The average Bonchev–Trinajstić information content (AvgIpc) is 3.35. The van der Waals surface area contributed by atoms with Crippen molar-refractivity contribution < 1.29 is 0 Å². The van der Waals surface area contributed by atoms with E-state index in [9.17, 15) is 0 Å². The van der Waals surface area contributed by atoms with Gasteiger partial charge in [-0.05, 0) is 24.3 Å². The summed E-state index contributed by atoms with van der Waals surface area (Å²) in [6.45, 7) is 0. The minimum absolute atomic E-state index is 0.837. The van der Waals surface area contributed by atoms with Crippen LogP contribution in [0.25, 0.3) is 21.8 Å². The van der Waals surface area contributed by atoms with E-state index >= 15 is 0 Å². The molecule has 4 heteroatoms. The minimum Gasteiger partial charge on any atom is -0.361 e. The Balaban J connectivity index is 1.47. The summed E-state index contributed by atoms with van der Waals surface area (Å²) in [6, 6.07) is 24.3. The lowest BCUT2D eigenvalue weighted by atomic mass is 10.2. The van der Waals surface area contributed by atoms with Crippen LogP contribution in [0.4, 0.5) is 11.4 Å². The van der Waals surface area contributed by atoms with Gasteiger partial charge in [0, 0.05) is 57.8 Å². The summed E-state index contributed by atoms with van der Waals surface area (Å²) in [6.07, 6.45) is 7.73. The average molecular weight is 362 g/mol. The lowest BCUT2D eigenvalue weighted by molar-refractivity contribution is 1.44. The standard InChI is InChI=1S/C24H18N4/c1-3-9-21-19(7-1)17(13-25-21)15-27-23-11-5-6-12-24(23)28-16-18-14-26-22-10-4-2-8-20(18)22/h1-16,25-26H. The van der Waals surface area contributed by atoms with Gasteiger partial charge in [-0.25, -0.2) is 0 Å². The van der Waals surface area contributed by atoms with Crippen LogP contribution in [-0.2, 0) is 0 Å². The molecule has 4 nitrogen and oxygen atoms in total. The molecular formula is C24H18N4. The number of fused-ring (bicyclic) bond motifs is 2. The molecule has 0 fully saturated rings. The Morgan fingerprint density at radius 3 is 1.46 bits per heavy atom. The summed E-state index contributed by atoms with van der Waals surface area (Å²) in [4.78, 5) is 15.9. The van der Waals surface area contributed by atoms with Crippen molar-refractivity contribution in [3.05, 3.63) is 96.3 Å². The third-order valence-electron chi connectivity index (χ3n) is 4.81. The summed E-state index contributed by atoms with van der Waals surface area (Å²) in [5, 5.41) is 2.32. The highest BCUT2D eigenvalue weighted by molar-refractivity contribution is 6.01. The van der Waals surface area contributed by atoms with Gasteiger partial charge in [0.1, 0.15) is 0 Å². The van der Waals surface area contributed by atoms with Gasteiger partial charge in [-0.1, -0.05) is 48.5 Å². The lowest BCUT2D eigenvalue weighted by Gasteiger charge is -1.99.